The standard InChI is InChI=1S/C11H15N3O/c1-5-15-11-9(7-12)10(14(3)4)6-8(2)13-11/h6H,5H2,1-4H3. The van der Waals surface area contributed by atoms with Gasteiger partial charge in [-0.25, -0.2) is 4.98 Å². The molecule has 1 aromatic rings. The third-order valence-electron chi connectivity index (χ3n) is 1.97. The van der Waals surface area contributed by atoms with Crippen molar-refractivity contribution in [1.82, 2.24) is 4.98 Å². The topological polar surface area (TPSA) is 49.1 Å². The monoisotopic (exact) mass is 205 g/mol. The highest BCUT2D eigenvalue weighted by Gasteiger charge is 2.13. The maximum atomic E-state index is 9.07. The molecule has 0 saturated carbocycles. The van der Waals surface area contributed by atoms with Crippen molar-refractivity contribution in [2.24, 2.45) is 0 Å². The van der Waals surface area contributed by atoms with Crippen molar-refractivity contribution in [2.75, 3.05) is 25.6 Å². The maximum absolute atomic E-state index is 9.07. The lowest BCUT2D eigenvalue weighted by Crippen LogP contribution is -2.12. The molecule has 0 bridgehead atoms. The molecule has 0 aliphatic carbocycles. The quantitative estimate of drug-likeness (QED) is 0.754. The van der Waals surface area contributed by atoms with Crippen molar-refractivity contribution >= 4 is 5.69 Å². The molecule has 0 N–H and O–H groups in total. The molecule has 0 fully saturated rings. The van der Waals surface area contributed by atoms with Gasteiger partial charge in [0.15, 0.2) is 0 Å². The Bertz CT molecular complexity index is 394. The molecule has 1 aromatic heterocycles. The van der Waals surface area contributed by atoms with Gasteiger partial charge in [0.1, 0.15) is 11.6 Å². The molecule has 0 aliphatic rings. The molecule has 4 heteroatoms. The molecule has 0 amide bonds. The van der Waals surface area contributed by atoms with E-state index in [9.17, 15) is 0 Å². The van der Waals surface area contributed by atoms with Crippen LogP contribution in [-0.4, -0.2) is 25.7 Å². The predicted octanol–water partition coefficient (Wildman–Crippen LogP) is 1.73. The van der Waals surface area contributed by atoms with Crippen molar-refractivity contribution in [3.63, 3.8) is 0 Å². The van der Waals surface area contributed by atoms with Crippen LogP contribution in [0.5, 0.6) is 5.88 Å². The van der Waals surface area contributed by atoms with E-state index in [-0.39, 0.29) is 0 Å². The number of ether oxygens (including phenoxy) is 1. The lowest BCUT2D eigenvalue weighted by Gasteiger charge is -2.16. The lowest BCUT2D eigenvalue weighted by molar-refractivity contribution is 0.325. The van der Waals surface area contributed by atoms with E-state index in [1.54, 1.807) is 0 Å². The Kier molecular flexibility index (Phi) is 3.51. The largest absolute Gasteiger partial charge is 0.477 e. The molecule has 80 valence electrons. The predicted molar refractivity (Wildman–Crippen MR) is 59.2 cm³/mol. The summed E-state index contributed by atoms with van der Waals surface area (Å²) in [6, 6.07) is 4.00. The van der Waals surface area contributed by atoms with E-state index < -0.39 is 0 Å². The van der Waals surface area contributed by atoms with Crippen LogP contribution in [0.2, 0.25) is 0 Å². The Morgan fingerprint density at radius 1 is 1.53 bits per heavy atom. The lowest BCUT2D eigenvalue weighted by atomic mass is 10.2. The highest BCUT2D eigenvalue weighted by Crippen LogP contribution is 2.26. The summed E-state index contributed by atoms with van der Waals surface area (Å²) in [4.78, 5) is 6.09. The molecule has 15 heavy (non-hydrogen) atoms. The summed E-state index contributed by atoms with van der Waals surface area (Å²) in [7, 11) is 3.79. The molecule has 0 aromatic carbocycles. The fourth-order valence-electron chi connectivity index (χ4n) is 1.33. The third kappa shape index (κ3) is 2.38. The number of pyridine rings is 1. The van der Waals surface area contributed by atoms with Gasteiger partial charge in [-0.05, 0) is 19.9 Å². The molecule has 0 atom stereocenters. The van der Waals surface area contributed by atoms with Gasteiger partial charge in [-0.1, -0.05) is 0 Å². The molecule has 0 unspecified atom stereocenters. The van der Waals surface area contributed by atoms with E-state index in [0.717, 1.165) is 11.4 Å². The van der Waals surface area contributed by atoms with Gasteiger partial charge in [0.05, 0.1) is 12.3 Å². The molecule has 1 heterocycles. The van der Waals surface area contributed by atoms with Gasteiger partial charge < -0.3 is 9.64 Å². The average molecular weight is 205 g/mol. The maximum Gasteiger partial charge on any atom is 0.234 e. The SMILES string of the molecule is CCOc1nc(C)cc(N(C)C)c1C#N. The van der Waals surface area contributed by atoms with Gasteiger partial charge in [0, 0.05) is 19.8 Å². The van der Waals surface area contributed by atoms with Crippen LogP contribution in [0.4, 0.5) is 5.69 Å². The Morgan fingerprint density at radius 2 is 2.20 bits per heavy atom. The van der Waals surface area contributed by atoms with Crippen LogP contribution in [-0.2, 0) is 0 Å². The van der Waals surface area contributed by atoms with Gasteiger partial charge in [-0.3, -0.25) is 0 Å². The number of aryl methyl sites for hydroxylation is 1. The zero-order valence-electron chi connectivity index (χ0n) is 9.53. The fraction of sp³-hybridized carbons (Fsp3) is 0.455. The fourth-order valence-corrected chi connectivity index (χ4v) is 1.33. The van der Waals surface area contributed by atoms with Crippen molar-refractivity contribution in [3.8, 4) is 11.9 Å². The second-order valence-corrected chi connectivity index (χ2v) is 3.40. The van der Waals surface area contributed by atoms with Crippen LogP contribution in [0.1, 0.15) is 18.2 Å². The molecule has 4 nitrogen and oxygen atoms in total. The zero-order chi connectivity index (χ0) is 11.4. The van der Waals surface area contributed by atoms with Crippen LogP contribution < -0.4 is 9.64 Å². The van der Waals surface area contributed by atoms with Crippen molar-refractivity contribution in [2.45, 2.75) is 13.8 Å². The van der Waals surface area contributed by atoms with Crippen LogP contribution in [0.3, 0.4) is 0 Å². The van der Waals surface area contributed by atoms with Crippen molar-refractivity contribution in [3.05, 3.63) is 17.3 Å². The molecule has 0 saturated heterocycles. The van der Waals surface area contributed by atoms with E-state index in [1.807, 2.05) is 38.9 Å². The minimum absolute atomic E-state index is 0.420. The molecular formula is C11H15N3O. The first-order chi connectivity index (χ1) is 7.10. The van der Waals surface area contributed by atoms with Gasteiger partial charge in [-0.2, -0.15) is 5.26 Å². The number of hydrogen-bond acceptors (Lipinski definition) is 4. The molecule has 0 radical (unpaired) electrons. The second kappa shape index (κ2) is 4.65. The molecule has 1 rings (SSSR count). The summed E-state index contributed by atoms with van der Waals surface area (Å²) >= 11 is 0. The molecule has 0 spiro atoms. The normalized spacial score (nSPS) is 9.53. The van der Waals surface area contributed by atoms with Crippen molar-refractivity contribution < 1.29 is 4.74 Å². The Hall–Kier alpha value is -1.76. The van der Waals surface area contributed by atoms with Gasteiger partial charge in [0.25, 0.3) is 0 Å². The average Bonchev–Trinajstić information content (AvgIpc) is 2.17. The summed E-state index contributed by atoms with van der Waals surface area (Å²) in [6.45, 7) is 4.27. The minimum Gasteiger partial charge on any atom is -0.477 e. The minimum atomic E-state index is 0.420. The van der Waals surface area contributed by atoms with Crippen LogP contribution in [0.25, 0.3) is 0 Å². The van der Waals surface area contributed by atoms with Gasteiger partial charge in [-0.15, -0.1) is 0 Å². The number of anilines is 1. The van der Waals surface area contributed by atoms with E-state index in [2.05, 4.69) is 11.1 Å². The highest BCUT2D eigenvalue weighted by molar-refractivity contribution is 5.63. The summed E-state index contributed by atoms with van der Waals surface area (Å²) in [6.07, 6.45) is 0. The number of nitriles is 1. The van der Waals surface area contributed by atoms with E-state index >= 15 is 0 Å². The Balaban J connectivity index is 3.33. The summed E-state index contributed by atoms with van der Waals surface area (Å²) < 4.78 is 5.34. The van der Waals surface area contributed by atoms with Crippen LogP contribution >= 0.6 is 0 Å². The first-order valence-electron chi connectivity index (χ1n) is 4.82. The summed E-state index contributed by atoms with van der Waals surface area (Å²) in [5.74, 6) is 0.420. The molecule has 0 aliphatic heterocycles. The smallest absolute Gasteiger partial charge is 0.234 e. The highest BCUT2D eigenvalue weighted by atomic mass is 16.5. The van der Waals surface area contributed by atoms with Crippen LogP contribution in [0.15, 0.2) is 6.07 Å². The Morgan fingerprint density at radius 3 is 2.67 bits per heavy atom. The van der Waals surface area contributed by atoms with E-state index in [4.69, 9.17) is 10.00 Å². The van der Waals surface area contributed by atoms with Crippen LogP contribution in [0, 0.1) is 18.3 Å². The number of nitrogens with zero attached hydrogens (tertiary/aromatic N) is 3. The second-order valence-electron chi connectivity index (χ2n) is 3.40. The Labute approximate surface area is 90.1 Å². The third-order valence-corrected chi connectivity index (χ3v) is 1.97. The van der Waals surface area contributed by atoms with Gasteiger partial charge >= 0.3 is 0 Å². The van der Waals surface area contributed by atoms with Gasteiger partial charge in [0.2, 0.25) is 5.88 Å². The number of rotatable bonds is 3. The molecular weight excluding hydrogens is 190 g/mol. The van der Waals surface area contributed by atoms with E-state index in [1.165, 1.54) is 0 Å². The summed E-state index contributed by atoms with van der Waals surface area (Å²) in [5, 5.41) is 9.07. The number of aromatic nitrogens is 1. The first kappa shape index (κ1) is 11.3. The zero-order valence-corrected chi connectivity index (χ0v) is 9.53. The van der Waals surface area contributed by atoms with E-state index in [0.29, 0.717) is 18.1 Å². The first-order valence-corrected chi connectivity index (χ1v) is 4.82. The summed E-state index contributed by atoms with van der Waals surface area (Å²) in [5.41, 5.74) is 2.18. The van der Waals surface area contributed by atoms with Crippen molar-refractivity contribution in [1.29, 1.82) is 5.26 Å². The number of hydrogen-bond donors (Lipinski definition) is 0.